The van der Waals surface area contributed by atoms with Crippen molar-refractivity contribution in [2.75, 3.05) is 26.2 Å². The fourth-order valence-electron chi connectivity index (χ4n) is 2.87. The Morgan fingerprint density at radius 3 is 3.12 bits per heavy atom. The fraction of sp³-hybridized carbons (Fsp3) is 0.857. The van der Waals surface area contributed by atoms with Crippen LogP contribution < -0.4 is 5.73 Å². The lowest BCUT2D eigenvalue weighted by Gasteiger charge is -2.37. The number of nitrogens with zero attached hydrogens (tertiary/aromatic N) is 1. The summed E-state index contributed by atoms with van der Waals surface area (Å²) >= 11 is 0. The molecule has 1 fully saturated rings. The molecule has 3 nitrogen and oxygen atoms in total. The molecule has 0 aromatic carbocycles. The van der Waals surface area contributed by atoms with Gasteiger partial charge in [0.1, 0.15) is 0 Å². The van der Waals surface area contributed by atoms with E-state index in [1.165, 1.54) is 44.2 Å². The lowest BCUT2D eigenvalue weighted by molar-refractivity contribution is -0.0354. The molecule has 0 radical (unpaired) electrons. The van der Waals surface area contributed by atoms with Crippen molar-refractivity contribution < 1.29 is 4.74 Å². The minimum Gasteiger partial charge on any atom is -0.374 e. The van der Waals surface area contributed by atoms with E-state index >= 15 is 0 Å². The molecule has 2 unspecified atom stereocenters. The maximum atomic E-state index is 6.36. The molecule has 2 N–H and O–H groups in total. The topological polar surface area (TPSA) is 38.5 Å². The number of nitrogens with two attached hydrogens (primary N) is 1. The predicted octanol–water partition coefficient (Wildman–Crippen LogP) is 1.92. The summed E-state index contributed by atoms with van der Waals surface area (Å²) in [5.41, 5.74) is 7.79. The average Bonchev–Trinajstić information content (AvgIpc) is 2.40. The van der Waals surface area contributed by atoms with E-state index < -0.39 is 0 Å². The first kappa shape index (κ1) is 13.1. The lowest BCUT2D eigenvalue weighted by Crippen LogP contribution is -2.51. The normalized spacial score (nSPS) is 28.8. The molecule has 1 saturated heterocycles. The van der Waals surface area contributed by atoms with Gasteiger partial charge in [0, 0.05) is 13.1 Å². The van der Waals surface area contributed by atoms with E-state index in [4.69, 9.17) is 10.5 Å². The molecule has 1 aliphatic carbocycles. The second-order valence-electron chi connectivity index (χ2n) is 5.26. The second-order valence-corrected chi connectivity index (χ2v) is 5.26. The van der Waals surface area contributed by atoms with Gasteiger partial charge in [-0.1, -0.05) is 18.6 Å². The molecule has 0 saturated carbocycles. The largest absolute Gasteiger partial charge is 0.374 e. The van der Waals surface area contributed by atoms with Crippen molar-refractivity contribution in [1.82, 2.24) is 4.90 Å². The summed E-state index contributed by atoms with van der Waals surface area (Å²) in [5, 5.41) is 0. The van der Waals surface area contributed by atoms with E-state index in [9.17, 15) is 0 Å². The summed E-state index contributed by atoms with van der Waals surface area (Å²) in [5.74, 6) is 0. The van der Waals surface area contributed by atoms with Crippen LogP contribution in [0.1, 0.15) is 39.0 Å². The zero-order valence-electron chi connectivity index (χ0n) is 11.0. The predicted molar refractivity (Wildman–Crippen MR) is 71.0 cm³/mol. The maximum Gasteiger partial charge on any atom is 0.0891 e. The van der Waals surface area contributed by atoms with E-state index in [2.05, 4.69) is 17.9 Å². The Kier molecular flexibility index (Phi) is 5.01. The zero-order chi connectivity index (χ0) is 12.1. The third-order valence-corrected chi connectivity index (χ3v) is 3.87. The van der Waals surface area contributed by atoms with Gasteiger partial charge in [0.15, 0.2) is 0 Å². The SMILES string of the molecule is CCCN1CCOC(C(N)C2=CCCCC2)C1. The molecule has 1 aliphatic heterocycles. The monoisotopic (exact) mass is 238 g/mol. The maximum absolute atomic E-state index is 6.36. The molecule has 1 heterocycles. The number of hydrogen-bond donors (Lipinski definition) is 1. The van der Waals surface area contributed by atoms with Crippen LogP contribution in [0.15, 0.2) is 11.6 Å². The van der Waals surface area contributed by atoms with Gasteiger partial charge in [0.25, 0.3) is 0 Å². The van der Waals surface area contributed by atoms with E-state index in [-0.39, 0.29) is 12.1 Å². The van der Waals surface area contributed by atoms with Gasteiger partial charge in [-0.2, -0.15) is 0 Å². The lowest BCUT2D eigenvalue weighted by atomic mass is 9.91. The van der Waals surface area contributed by atoms with Crippen LogP contribution in [-0.2, 0) is 4.74 Å². The Labute approximate surface area is 105 Å². The first-order valence-electron chi connectivity index (χ1n) is 7.09. The van der Waals surface area contributed by atoms with Gasteiger partial charge in [-0.15, -0.1) is 0 Å². The Morgan fingerprint density at radius 2 is 2.41 bits per heavy atom. The molecule has 17 heavy (non-hydrogen) atoms. The minimum atomic E-state index is 0.120. The van der Waals surface area contributed by atoms with Gasteiger partial charge in [-0.3, -0.25) is 4.90 Å². The molecular weight excluding hydrogens is 212 g/mol. The quantitative estimate of drug-likeness (QED) is 0.761. The van der Waals surface area contributed by atoms with Crippen molar-refractivity contribution in [3.05, 3.63) is 11.6 Å². The number of ether oxygens (including phenoxy) is 1. The minimum absolute atomic E-state index is 0.120. The highest BCUT2D eigenvalue weighted by atomic mass is 16.5. The molecule has 0 aromatic heterocycles. The molecule has 0 amide bonds. The molecule has 2 aliphatic rings. The van der Waals surface area contributed by atoms with E-state index in [1.807, 2.05) is 0 Å². The van der Waals surface area contributed by atoms with E-state index in [0.29, 0.717) is 0 Å². The van der Waals surface area contributed by atoms with Gasteiger partial charge in [0.2, 0.25) is 0 Å². The number of rotatable bonds is 4. The van der Waals surface area contributed by atoms with Gasteiger partial charge >= 0.3 is 0 Å². The van der Waals surface area contributed by atoms with Gasteiger partial charge in [0.05, 0.1) is 18.8 Å². The first-order chi connectivity index (χ1) is 8.31. The van der Waals surface area contributed by atoms with Crippen LogP contribution in [0, 0.1) is 0 Å². The van der Waals surface area contributed by atoms with Crippen LogP contribution in [-0.4, -0.2) is 43.3 Å². The Morgan fingerprint density at radius 1 is 1.53 bits per heavy atom. The highest BCUT2D eigenvalue weighted by Crippen LogP contribution is 2.23. The van der Waals surface area contributed by atoms with Crippen LogP contribution in [0.3, 0.4) is 0 Å². The summed E-state index contributed by atoms with van der Waals surface area (Å²) in [6.45, 7) is 6.31. The average molecular weight is 238 g/mol. The van der Waals surface area contributed by atoms with Gasteiger partial charge in [-0.25, -0.2) is 0 Å². The summed E-state index contributed by atoms with van der Waals surface area (Å²) in [6, 6.07) is 0.120. The van der Waals surface area contributed by atoms with E-state index in [1.54, 1.807) is 0 Å². The number of allylic oxidation sites excluding steroid dienone is 1. The highest BCUT2D eigenvalue weighted by Gasteiger charge is 2.27. The smallest absolute Gasteiger partial charge is 0.0891 e. The molecular formula is C14H26N2O. The van der Waals surface area contributed by atoms with Crippen molar-refractivity contribution >= 4 is 0 Å². The third kappa shape index (κ3) is 3.54. The van der Waals surface area contributed by atoms with Crippen LogP contribution in [0.4, 0.5) is 0 Å². The number of hydrogen-bond acceptors (Lipinski definition) is 3. The van der Waals surface area contributed by atoms with Gasteiger partial charge in [-0.05, 0) is 38.6 Å². The molecule has 2 rings (SSSR count). The van der Waals surface area contributed by atoms with Crippen LogP contribution in [0.2, 0.25) is 0 Å². The van der Waals surface area contributed by atoms with Crippen molar-refractivity contribution in [3.63, 3.8) is 0 Å². The van der Waals surface area contributed by atoms with Crippen molar-refractivity contribution in [1.29, 1.82) is 0 Å². The Bertz CT molecular complexity index is 263. The highest BCUT2D eigenvalue weighted by molar-refractivity contribution is 5.15. The molecule has 0 aromatic rings. The number of morpholine rings is 1. The van der Waals surface area contributed by atoms with Crippen LogP contribution >= 0.6 is 0 Å². The Balaban J connectivity index is 1.89. The van der Waals surface area contributed by atoms with Crippen LogP contribution in [0.5, 0.6) is 0 Å². The molecule has 98 valence electrons. The molecule has 3 heteroatoms. The molecule has 0 spiro atoms. The Hall–Kier alpha value is -0.380. The van der Waals surface area contributed by atoms with Crippen molar-refractivity contribution in [3.8, 4) is 0 Å². The van der Waals surface area contributed by atoms with Crippen molar-refractivity contribution in [2.45, 2.75) is 51.2 Å². The summed E-state index contributed by atoms with van der Waals surface area (Å²) in [4.78, 5) is 2.48. The van der Waals surface area contributed by atoms with Crippen LogP contribution in [0.25, 0.3) is 0 Å². The van der Waals surface area contributed by atoms with Crippen molar-refractivity contribution in [2.24, 2.45) is 5.73 Å². The summed E-state index contributed by atoms with van der Waals surface area (Å²) in [6.07, 6.45) is 8.76. The molecule has 2 atom stereocenters. The van der Waals surface area contributed by atoms with Gasteiger partial charge < -0.3 is 10.5 Å². The molecule has 0 bridgehead atoms. The van der Waals surface area contributed by atoms with E-state index in [0.717, 1.165) is 19.7 Å². The summed E-state index contributed by atoms with van der Waals surface area (Å²) in [7, 11) is 0. The second kappa shape index (κ2) is 6.53. The fourth-order valence-corrected chi connectivity index (χ4v) is 2.87. The first-order valence-corrected chi connectivity index (χ1v) is 7.09. The standard InChI is InChI=1S/C14H26N2O/c1-2-8-16-9-10-17-13(11-16)14(15)12-6-4-3-5-7-12/h6,13-14H,2-5,7-11,15H2,1H3. The third-order valence-electron chi connectivity index (χ3n) is 3.87. The zero-order valence-corrected chi connectivity index (χ0v) is 11.0. The summed E-state index contributed by atoms with van der Waals surface area (Å²) < 4.78 is 5.86.